The van der Waals surface area contributed by atoms with Crippen LogP contribution < -0.4 is 40.8 Å². The molecule has 8 N–H and O–H groups in total. The normalized spacial score (nSPS) is 11.8. The highest BCUT2D eigenvalue weighted by atomic mass is 79.9. The minimum atomic E-state index is -0.896. The van der Waals surface area contributed by atoms with Gasteiger partial charge in [-0.3, -0.25) is 0 Å². The molecule has 0 amide bonds. The number of anilines is 10. The van der Waals surface area contributed by atoms with Gasteiger partial charge in [0.15, 0.2) is 56.8 Å². The molecule has 0 fully saturated rings. The summed E-state index contributed by atoms with van der Waals surface area (Å²) in [6.07, 6.45) is 0. The van der Waals surface area contributed by atoms with Gasteiger partial charge in [-0.1, -0.05) is 121 Å². The minimum Gasteiger partial charge on any atom is -0.506 e. The molecule has 0 aliphatic carbocycles. The first-order valence-electron chi connectivity index (χ1n) is 34.8. The summed E-state index contributed by atoms with van der Waals surface area (Å²) in [7, 11) is 0. The van der Waals surface area contributed by atoms with Crippen molar-refractivity contribution in [2.45, 2.75) is 0 Å². The highest BCUT2D eigenvalue weighted by Gasteiger charge is 2.28. The quantitative estimate of drug-likeness (QED) is 0.0491. The number of aromatic carboxylic acids is 1. The molecule has 0 saturated carbocycles. The van der Waals surface area contributed by atoms with Crippen molar-refractivity contribution in [3.8, 4) is 91.8 Å². The Kier molecular flexibility index (Phi) is 19.3. The Morgan fingerprint density at radius 1 is 0.330 bits per heavy atom. The average Bonchev–Trinajstić information content (AvgIpc) is 0.976. The van der Waals surface area contributed by atoms with Gasteiger partial charge in [-0.25, -0.2) is 24.7 Å². The molecule has 21 rings (SSSR count). The summed E-state index contributed by atoms with van der Waals surface area (Å²) in [5.41, 5.74) is 28.2. The van der Waals surface area contributed by atoms with Crippen molar-refractivity contribution in [1.82, 2.24) is 19.9 Å². The molecule has 14 aromatic carbocycles. The molecule has 0 unspecified atom stereocenters. The number of nitrogens with zero attached hydrogens (tertiary/aromatic N) is 6. The van der Waals surface area contributed by atoms with Crippen molar-refractivity contribution in [2.24, 2.45) is 0 Å². The summed E-state index contributed by atoms with van der Waals surface area (Å²) in [5, 5.41) is 29.5. The third-order valence-corrected chi connectivity index (χ3v) is 19.7. The number of halogens is 3. The number of aromatic hydroxyl groups is 2. The Morgan fingerprint density at radius 2 is 0.607 bits per heavy atom. The smallest absolute Gasteiger partial charge is 0.335 e. The van der Waals surface area contributed by atoms with Crippen LogP contribution in [-0.4, -0.2) is 41.2 Å². The number of fused-ring (bicyclic) bond motifs is 10. The van der Waals surface area contributed by atoms with Crippen LogP contribution in [0.25, 0.3) is 90.2 Å². The monoisotopic (exact) mass is 1670 g/mol. The lowest BCUT2D eigenvalue weighted by atomic mass is 10.1. The number of para-hydroxylation sites is 12. The number of phenolic OH excluding ortho intramolecular Hbond substituents is 2. The molecule has 23 heteroatoms. The van der Waals surface area contributed by atoms with Crippen molar-refractivity contribution in [3.05, 3.63) is 322 Å². The Morgan fingerprint density at radius 3 is 0.920 bits per heavy atom. The van der Waals surface area contributed by atoms with Crippen LogP contribution in [0.4, 0.5) is 56.9 Å². The van der Waals surface area contributed by atoms with E-state index < -0.39 is 5.97 Å². The molecule has 0 bridgehead atoms. The van der Waals surface area contributed by atoms with Crippen LogP contribution in [0.15, 0.2) is 334 Å². The number of carboxylic acids is 1. The second-order valence-corrected chi connectivity index (χ2v) is 28.3. The summed E-state index contributed by atoms with van der Waals surface area (Å²) >= 11 is 10.1. The number of hydrogen-bond acceptors (Lipinski definition) is 19. The van der Waals surface area contributed by atoms with E-state index in [0.29, 0.717) is 62.5 Å². The van der Waals surface area contributed by atoms with E-state index in [2.05, 4.69) is 121 Å². The first-order valence-corrected chi connectivity index (χ1v) is 37.2. The Labute approximate surface area is 663 Å². The highest BCUT2D eigenvalue weighted by molar-refractivity contribution is 9.11. The lowest BCUT2D eigenvalue weighted by Crippen LogP contribution is -2.15. The molecule has 112 heavy (non-hydrogen) atoms. The summed E-state index contributed by atoms with van der Waals surface area (Å²) in [6, 6.07) is 96.5. The number of aromatic nitrogens is 4. The maximum Gasteiger partial charge on any atom is 0.335 e. The summed E-state index contributed by atoms with van der Waals surface area (Å²) in [5.74, 6) is 6.00. The molecule has 0 saturated heterocycles. The summed E-state index contributed by atoms with van der Waals surface area (Å²) in [4.78, 5) is 33.5. The molecule has 546 valence electrons. The van der Waals surface area contributed by atoms with Crippen molar-refractivity contribution in [3.63, 3.8) is 0 Å². The molecule has 7 heterocycles. The van der Waals surface area contributed by atoms with Crippen LogP contribution >= 0.6 is 47.8 Å². The number of ether oxygens (including phenoxy) is 3. The number of nitrogens with two attached hydrogens (primary N) is 2. The number of oxazole rings is 4. The fourth-order valence-electron chi connectivity index (χ4n) is 12.6. The van der Waals surface area contributed by atoms with Gasteiger partial charge in [0, 0.05) is 65.2 Å². The van der Waals surface area contributed by atoms with Gasteiger partial charge in [-0.2, -0.15) is 0 Å². The zero-order valence-electron chi connectivity index (χ0n) is 58.4. The standard InChI is InChI=1S/C44H26N4O4.C20H10Br2N2O2.C12H9NO.C7H5BrO2.C6H8N2O2/c1-5-13-37-33(9-1)47(34-10-2-6-14-38(34)49-37)29-21-17-27(18-22-29)43-45-31-25-32-42(26-41(31)51-43)52-44(46-32)28-19-23-30(24-20-28)48-35-11-3-7-15-39(35)50-40-16-8-4-12-36(40)48;21-13-5-1-11(2-6-13)19-23-15-9-16-18(10-17(15)25-19)26-20(24-16)12-3-7-14(22)8-4-12;1-3-7-11-9(5-1)13-10-6-2-4-8-12(10)14-11;8-6-3-1-5(2-4-6)7(9)10;7-3-1-4(8)6(10)2-5(3)9/h1-26H;1-10H;1-8,13H;1-4H,(H,9,10);1-2,9-10H,7-8H2. The van der Waals surface area contributed by atoms with E-state index in [1.165, 1.54) is 6.07 Å². The molecule has 0 radical (unpaired) electrons. The summed E-state index contributed by atoms with van der Waals surface area (Å²) < 4.78 is 45.3. The molecule has 18 aromatic rings. The number of carboxylic acid groups (broad SMARTS) is 1. The molecule has 4 aromatic heterocycles. The molecule has 3 aliphatic heterocycles. The minimum absolute atomic E-state index is 0.160. The molecule has 20 nitrogen and oxygen atoms in total. The van der Waals surface area contributed by atoms with Crippen LogP contribution in [0.1, 0.15) is 10.4 Å². The Hall–Kier alpha value is -14.1. The van der Waals surface area contributed by atoms with Gasteiger partial charge in [0.1, 0.15) is 33.6 Å². The fraction of sp³-hybridized carbons (Fsp3) is 0. The number of carbonyl (C=O) groups is 1. The Bertz CT molecular complexity index is 5940. The Balaban J connectivity index is 0.000000124. The van der Waals surface area contributed by atoms with Crippen molar-refractivity contribution in [2.75, 3.05) is 26.6 Å². The fourth-order valence-corrected chi connectivity index (χ4v) is 13.4. The van der Waals surface area contributed by atoms with Crippen molar-refractivity contribution in [1.29, 1.82) is 0 Å². The molecule has 0 spiro atoms. The number of nitrogen functional groups attached to an aromatic ring is 2. The van der Waals surface area contributed by atoms with Gasteiger partial charge < -0.3 is 73.8 Å². The van der Waals surface area contributed by atoms with E-state index in [1.54, 1.807) is 24.3 Å². The third kappa shape index (κ3) is 14.7. The van der Waals surface area contributed by atoms with E-state index in [9.17, 15) is 4.79 Å². The first-order chi connectivity index (χ1) is 54.6. The lowest BCUT2D eigenvalue weighted by Gasteiger charge is -2.32. The molecule has 0 atom stereocenters. The number of nitrogens with one attached hydrogen (secondary N) is 1. The molecular weight excluding hydrogens is 1610 g/mol. The zero-order chi connectivity index (χ0) is 76.5. The SMILES string of the molecule is Brc1ccc(-c2nc3cc4nc(-c5ccc(Br)cc5)oc4cc3o2)cc1.Nc1cc(N)c(O)cc1O.O=C(O)c1ccc(Br)cc1.c1ccc2c(c1)Nc1ccccc1O2.c1ccc2c(c1)Oc1ccccc1N2c1ccc(-c2nc3cc4nc(-c5ccc(N6c7ccccc7Oc7ccccc76)cc5)oc4cc3o2)cc1. The van der Waals surface area contributed by atoms with Crippen LogP contribution in [-0.2, 0) is 0 Å². The second-order valence-electron chi connectivity index (χ2n) is 25.5. The lowest BCUT2D eigenvalue weighted by molar-refractivity contribution is 0.0696. The van der Waals surface area contributed by atoms with Gasteiger partial charge in [0.2, 0.25) is 23.6 Å². The van der Waals surface area contributed by atoms with E-state index in [-0.39, 0.29) is 22.9 Å². The van der Waals surface area contributed by atoms with Gasteiger partial charge in [0.25, 0.3) is 0 Å². The zero-order valence-corrected chi connectivity index (χ0v) is 63.2. The maximum absolute atomic E-state index is 10.3. The maximum atomic E-state index is 10.3. The second kappa shape index (κ2) is 30.5. The predicted octanol–water partition coefficient (Wildman–Crippen LogP) is 25.2. The van der Waals surface area contributed by atoms with E-state index in [1.807, 2.05) is 218 Å². The van der Waals surface area contributed by atoms with Gasteiger partial charge >= 0.3 is 5.97 Å². The number of rotatable bonds is 7. The van der Waals surface area contributed by atoms with Gasteiger partial charge in [-0.15, -0.1) is 0 Å². The van der Waals surface area contributed by atoms with E-state index in [0.717, 1.165) is 133 Å². The summed E-state index contributed by atoms with van der Waals surface area (Å²) in [6.45, 7) is 0. The van der Waals surface area contributed by atoms with E-state index >= 15 is 0 Å². The van der Waals surface area contributed by atoms with Gasteiger partial charge in [-0.05, 0) is 212 Å². The topological polar surface area (TPSA) is 280 Å². The number of phenols is 2. The van der Waals surface area contributed by atoms with Crippen molar-refractivity contribution < 1.29 is 52.0 Å². The predicted molar refractivity (Wildman–Crippen MR) is 446 cm³/mol. The third-order valence-electron chi connectivity index (χ3n) is 18.1. The highest BCUT2D eigenvalue weighted by Crippen LogP contribution is 2.53. The number of benzene rings is 14. The van der Waals surface area contributed by atoms with Crippen LogP contribution in [0.2, 0.25) is 0 Å². The average molecular weight is 1670 g/mol. The van der Waals surface area contributed by atoms with E-state index in [4.69, 9.17) is 68.6 Å². The van der Waals surface area contributed by atoms with Crippen LogP contribution in [0.3, 0.4) is 0 Å². The van der Waals surface area contributed by atoms with Crippen LogP contribution in [0.5, 0.6) is 46.0 Å². The number of hydrogen-bond donors (Lipinski definition) is 6. The molecule has 3 aliphatic rings. The van der Waals surface area contributed by atoms with Gasteiger partial charge in [0.05, 0.1) is 51.1 Å². The van der Waals surface area contributed by atoms with Crippen molar-refractivity contribution >= 4 is 155 Å². The van der Waals surface area contributed by atoms with Crippen LogP contribution in [0, 0.1) is 0 Å². The largest absolute Gasteiger partial charge is 0.506 e. The molecular formula is C89H58Br3N9O11. The first kappa shape index (κ1) is 70.8.